The van der Waals surface area contributed by atoms with Crippen LogP contribution < -0.4 is 5.32 Å². The Labute approximate surface area is 100 Å². The van der Waals surface area contributed by atoms with Crippen molar-refractivity contribution >= 4 is 11.5 Å². The van der Waals surface area contributed by atoms with Crippen LogP contribution in [0.5, 0.6) is 0 Å². The number of hydrogen-bond donors (Lipinski definition) is 1. The average molecular weight is 232 g/mol. The molecule has 0 spiro atoms. The molecule has 5 heteroatoms. The minimum Gasteiger partial charge on any atom is -0.383 e. The van der Waals surface area contributed by atoms with E-state index < -0.39 is 0 Å². The molecule has 2 heterocycles. The largest absolute Gasteiger partial charge is 0.383 e. The van der Waals surface area contributed by atoms with E-state index in [1.807, 2.05) is 29.9 Å². The number of nitrogens with one attached hydrogen (secondary N) is 1. The van der Waals surface area contributed by atoms with E-state index in [1.165, 1.54) is 5.56 Å². The predicted octanol–water partition coefficient (Wildman–Crippen LogP) is 1.98. The fourth-order valence-electron chi connectivity index (χ4n) is 1.49. The number of rotatable bonds is 5. The summed E-state index contributed by atoms with van der Waals surface area (Å²) in [4.78, 5) is 4.23. The van der Waals surface area contributed by atoms with Crippen molar-refractivity contribution in [1.82, 2.24) is 14.8 Å². The molecule has 2 rings (SSSR count). The topological polar surface area (TPSA) is 52.0 Å². The fourth-order valence-corrected chi connectivity index (χ4v) is 1.49. The van der Waals surface area contributed by atoms with Crippen LogP contribution in [-0.2, 0) is 11.3 Å². The molecule has 0 fully saturated rings. The lowest BCUT2D eigenvalue weighted by Crippen LogP contribution is -2.03. The number of hydrogen-bond acceptors (Lipinski definition) is 4. The third kappa shape index (κ3) is 3.29. The molecule has 0 saturated heterocycles. The van der Waals surface area contributed by atoms with Crippen LogP contribution in [0.3, 0.4) is 0 Å². The second kappa shape index (κ2) is 5.45. The highest BCUT2D eigenvalue weighted by atomic mass is 16.5. The van der Waals surface area contributed by atoms with Gasteiger partial charge in [0.25, 0.3) is 0 Å². The van der Waals surface area contributed by atoms with Crippen molar-refractivity contribution in [2.24, 2.45) is 0 Å². The van der Waals surface area contributed by atoms with Gasteiger partial charge in [0.05, 0.1) is 25.0 Å². The van der Waals surface area contributed by atoms with E-state index in [0.717, 1.165) is 18.1 Å². The molecule has 0 aliphatic carbocycles. The van der Waals surface area contributed by atoms with Crippen LogP contribution in [0.4, 0.5) is 11.5 Å². The molecule has 2 aromatic rings. The van der Waals surface area contributed by atoms with Gasteiger partial charge in [-0.1, -0.05) is 0 Å². The second-order valence-electron chi connectivity index (χ2n) is 3.83. The van der Waals surface area contributed by atoms with Gasteiger partial charge in [-0.3, -0.25) is 4.68 Å². The Morgan fingerprint density at radius 3 is 3.12 bits per heavy atom. The average Bonchev–Trinajstić information content (AvgIpc) is 2.74. The van der Waals surface area contributed by atoms with Gasteiger partial charge >= 0.3 is 0 Å². The van der Waals surface area contributed by atoms with E-state index in [4.69, 9.17) is 4.74 Å². The molecular weight excluding hydrogens is 216 g/mol. The van der Waals surface area contributed by atoms with E-state index in [9.17, 15) is 0 Å². The molecule has 0 aromatic carbocycles. The number of pyridine rings is 1. The van der Waals surface area contributed by atoms with Gasteiger partial charge in [-0.2, -0.15) is 5.10 Å². The highest BCUT2D eigenvalue weighted by Crippen LogP contribution is 2.13. The lowest BCUT2D eigenvalue weighted by atomic mass is 10.3. The second-order valence-corrected chi connectivity index (χ2v) is 3.83. The molecule has 0 atom stereocenters. The van der Waals surface area contributed by atoms with Crippen molar-refractivity contribution < 1.29 is 4.74 Å². The zero-order valence-electron chi connectivity index (χ0n) is 10.1. The standard InChI is InChI=1S/C12H16N4O/c1-10-3-4-13-12(7-10)15-11-8-14-16(9-11)5-6-17-2/h3-4,7-9H,5-6H2,1-2H3,(H,13,15). The van der Waals surface area contributed by atoms with E-state index >= 15 is 0 Å². The Hall–Kier alpha value is -1.88. The SMILES string of the molecule is COCCn1cc(Nc2cc(C)ccn2)cn1. The minimum atomic E-state index is 0.657. The number of methoxy groups -OCH3 is 1. The molecular formula is C12H16N4O. The zero-order valence-corrected chi connectivity index (χ0v) is 10.1. The molecule has 0 unspecified atom stereocenters. The monoisotopic (exact) mass is 232 g/mol. The summed E-state index contributed by atoms with van der Waals surface area (Å²) >= 11 is 0. The first-order valence-electron chi connectivity index (χ1n) is 5.49. The molecule has 0 radical (unpaired) electrons. The normalized spacial score (nSPS) is 10.5. The highest BCUT2D eigenvalue weighted by molar-refractivity contribution is 5.54. The van der Waals surface area contributed by atoms with Crippen molar-refractivity contribution in [3.05, 3.63) is 36.3 Å². The molecule has 90 valence electrons. The predicted molar refractivity (Wildman–Crippen MR) is 66.4 cm³/mol. The number of aryl methyl sites for hydroxylation is 1. The van der Waals surface area contributed by atoms with E-state index in [2.05, 4.69) is 15.4 Å². The minimum absolute atomic E-state index is 0.657. The van der Waals surface area contributed by atoms with Gasteiger partial charge in [-0.05, 0) is 24.6 Å². The summed E-state index contributed by atoms with van der Waals surface area (Å²) in [5, 5.41) is 7.42. The summed E-state index contributed by atoms with van der Waals surface area (Å²) in [5.74, 6) is 0.830. The van der Waals surface area contributed by atoms with Crippen LogP contribution in [0.15, 0.2) is 30.7 Å². The van der Waals surface area contributed by atoms with Crippen LogP contribution in [0.1, 0.15) is 5.56 Å². The first-order valence-corrected chi connectivity index (χ1v) is 5.49. The molecule has 17 heavy (non-hydrogen) atoms. The van der Waals surface area contributed by atoms with Crippen molar-refractivity contribution in [3.63, 3.8) is 0 Å². The van der Waals surface area contributed by atoms with Crippen molar-refractivity contribution in [1.29, 1.82) is 0 Å². The summed E-state index contributed by atoms with van der Waals surface area (Å²) in [6.07, 6.45) is 5.50. The first-order chi connectivity index (χ1) is 8.28. The maximum absolute atomic E-state index is 5.00. The van der Waals surface area contributed by atoms with Crippen LogP contribution in [0, 0.1) is 6.92 Å². The van der Waals surface area contributed by atoms with Crippen molar-refractivity contribution in [2.75, 3.05) is 19.0 Å². The van der Waals surface area contributed by atoms with E-state index in [1.54, 1.807) is 19.5 Å². The number of aromatic nitrogens is 3. The number of nitrogens with zero attached hydrogens (tertiary/aromatic N) is 3. The Morgan fingerprint density at radius 2 is 2.35 bits per heavy atom. The fraction of sp³-hybridized carbons (Fsp3) is 0.333. The summed E-state index contributed by atoms with van der Waals surface area (Å²) in [7, 11) is 1.68. The third-order valence-corrected chi connectivity index (χ3v) is 2.35. The summed E-state index contributed by atoms with van der Waals surface area (Å²) in [6.45, 7) is 3.44. The third-order valence-electron chi connectivity index (χ3n) is 2.35. The maximum Gasteiger partial charge on any atom is 0.130 e. The Morgan fingerprint density at radius 1 is 1.47 bits per heavy atom. The number of ether oxygens (including phenoxy) is 1. The molecule has 5 nitrogen and oxygen atoms in total. The molecule has 1 N–H and O–H groups in total. The summed E-state index contributed by atoms with van der Waals surface area (Å²) in [5.41, 5.74) is 2.11. The van der Waals surface area contributed by atoms with Crippen molar-refractivity contribution in [3.8, 4) is 0 Å². The van der Waals surface area contributed by atoms with Gasteiger partial charge in [0.1, 0.15) is 5.82 Å². The van der Waals surface area contributed by atoms with Gasteiger partial charge in [-0.25, -0.2) is 4.98 Å². The quantitative estimate of drug-likeness (QED) is 0.856. The lowest BCUT2D eigenvalue weighted by molar-refractivity contribution is 0.183. The molecule has 0 aliphatic rings. The Kier molecular flexibility index (Phi) is 3.72. The van der Waals surface area contributed by atoms with Gasteiger partial charge in [0.2, 0.25) is 0 Å². The lowest BCUT2D eigenvalue weighted by Gasteiger charge is -2.02. The first kappa shape index (κ1) is 11.6. The smallest absolute Gasteiger partial charge is 0.130 e. The van der Waals surface area contributed by atoms with Gasteiger partial charge < -0.3 is 10.1 Å². The van der Waals surface area contributed by atoms with Crippen molar-refractivity contribution in [2.45, 2.75) is 13.5 Å². The molecule has 0 amide bonds. The van der Waals surface area contributed by atoms with E-state index in [0.29, 0.717) is 6.61 Å². The summed E-state index contributed by atoms with van der Waals surface area (Å²) in [6, 6.07) is 3.96. The Balaban J connectivity index is 2.01. The van der Waals surface area contributed by atoms with Gasteiger partial charge in [-0.15, -0.1) is 0 Å². The zero-order chi connectivity index (χ0) is 12.1. The van der Waals surface area contributed by atoms with Crippen LogP contribution in [0.2, 0.25) is 0 Å². The Bertz CT molecular complexity index is 481. The molecule has 0 aliphatic heterocycles. The molecule has 0 saturated carbocycles. The van der Waals surface area contributed by atoms with Crippen LogP contribution in [-0.4, -0.2) is 28.5 Å². The van der Waals surface area contributed by atoms with Gasteiger partial charge in [0, 0.05) is 19.5 Å². The summed E-state index contributed by atoms with van der Waals surface area (Å²) < 4.78 is 6.83. The van der Waals surface area contributed by atoms with Gasteiger partial charge in [0.15, 0.2) is 0 Å². The van der Waals surface area contributed by atoms with Crippen LogP contribution in [0.25, 0.3) is 0 Å². The highest BCUT2D eigenvalue weighted by Gasteiger charge is 2.00. The molecule has 0 bridgehead atoms. The maximum atomic E-state index is 5.00. The van der Waals surface area contributed by atoms with Crippen LogP contribution >= 0.6 is 0 Å². The van der Waals surface area contributed by atoms with E-state index in [-0.39, 0.29) is 0 Å². The number of anilines is 2. The molecule has 2 aromatic heterocycles.